The highest BCUT2D eigenvalue weighted by molar-refractivity contribution is 5.55. The monoisotopic (exact) mass is 876 g/mol. The van der Waals surface area contributed by atoms with Crippen molar-refractivity contribution in [1.82, 2.24) is 4.98 Å². The highest BCUT2D eigenvalue weighted by atomic mass is 16.6. The lowest BCUT2D eigenvalue weighted by molar-refractivity contribution is -1.12. The fourth-order valence-electron chi connectivity index (χ4n) is 8.60. The Morgan fingerprint density at radius 1 is 0.734 bits per heavy atom. The van der Waals surface area contributed by atoms with Crippen molar-refractivity contribution >= 4 is 6.21 Å². The first-order valence-electron chi connectivity index (χ1n) is 24.3. The van der Waals surface area contributed by atoms with Crippen molar-refractivity contribution in [3.05, 3.63) is 151 Å². The number of oxazole rings is 1. The second-order valence-electron chi connectivity index (χ2n) is 19.7. The lowest BCUT2D eigenvalue weighted by Gasteiger charge is -2.33. The van der Waals surface area contributed by atoms with Gasteiger partial charge in [-0.25, -0.2) is 18.9 Å². The highest BCUT2D eigenvalue weighted by Gasteiger charge is 2.29. The van der Waals surface area contributed by atoms with Crippen LogP contribution in [0.25, 0.3) is 0 Å². The first-order chi connectivity index (χ1) is 30.8. The number of aryl methyl sites for hydroxylation is 1. The van der Waals surface area contributed by atoms with Crippen LogP contribution in [0.1, 0.15) is 134 Å². The number of nitrogens with one attached hydrogen (secondary N) is 1. The number of benzene rings is 2. The van der Waals surface area contributed by atoms with Crippen molar-refractivity contribution < 1.29 is 37.3 Å². The molecule has 3 aromatic heterocycles. The summed E-state index contributed by atoms with van der Waals surface area (Å²) >= 11 is 0. The van der Waals surface area contributed by atoms with E-state index in [9.17, 15) is 5.21 Å². The summed E-state index contributed by atoms with van der Waals surface area (Å²) in [4.78, 5) is 3.10. The predicted octanol–water partition coefficient (Wildman–Crippen LogP) is 10.6. The van der Waals surface area contributed by atoms with E-state index < -0.39 is 0 Å². The van der Waals surface area contributed by atoms with Crippen LogP contribution < -0.4 is 13.7 Å². The van der Waals surface area contributed by atoms with E-state index in [-0.39, 0.29) is 4.65 Å². The molecular weight excluding hydrogens is 793 g/mol. The zero-order chi connectivity index (χ0) is 45.7. The van der Waals surface area contributed by atoms with Crippen LogP contribution in [-0.4, -0.2) is 51.9 Å². The number of pyridine rings is 1. The van der Waals surface area contributed by atoms with Crippen molar-refractivity contribution in [2.45, 2.75) is 138 Å². The van der Waals surface area contributed by atoms with Gasteiger partial charge in [-0.05, 0) is 90.2 Å². The van der Waals surface area contributed by atoms with Crippen LogP contribution in [0, 0.1) is 23.7 Å². The average molecular weight is 876 g/mol. The van der Waals surface area contributed by atoms with Crippen LogP contribution in [0.15, 0.2) is 127 Å². The number of aromatic amines is 1. The molecule has 2 fully saturated rings. The lowest BCUT2D eigenvalue weighted by atomic mass is 9.77. The molecular formula is C55H83N6O3+5. The van der Waals surface area contributed by atoms with Crippen molar-refractivity contribution in [2.24, 2.45) is 23.7 Å². The van der Waals surface area contributed by atoms with Gasteiger partial charge < -0.3 is 9.15 Å². The number of aromatic nitrogens is 4. The Kier molecular flexibility index (Phi) is 20.7. The van der Waals surface area contributed by atoms with Gasteiger partial charge in [0.15, 0.2) is 37.9 Å². The number of rotatable bonds is 14. The topological polar surface area (TPSA) is 73.0 Å². The largest absolute Gasteiger partial charge is 0.412 e. The van der Waals surface area contributed by atoms with E-state index in [1.165, 1.54) is 59.9 Å². The van der Waals surface area contributed by atoms with E-state index >= 15 is 0 Å². The van der Waals surface area contributed by atoms with Gasteiger partial charge in [-0.15, -0.1) is 0 Å². The second kappa shape index (κ2) is 26.3. The van der Waals surface area contributed by atoms with Crippen molar-refractivity contribution in [3.8, 4) is 0 Å². The number of H-pyrrole nitrogens is 1. The van der Waals surface area contributed by atoms with Crippen LogP contribution in [0.4, 0.5) is 0 Å². The maximum atomic E-state index is 10.4. The summed E-state index contributed by atoms with van der Waals surface area (Å²) in [6, 6.07) is 21.8. The molecule has 5 heterocycles. The second-order valence-corrected chi connectivity index (χ2v) is 19.7. The molecule has 0 spiro atoms. The smallest absolute Gasteiger partial charge is 0.334 e. The Morgan fingerprint density at radius 3 is 1.98 bits per heavy atom. The first-order valence-corrected chi connectivity index (χ1v) is 24.3. The number of hydrogen-bond acceptors (Lipinski definition) is 3. The highest BCUT2D eigenvalue weighted by Crippen LogP contribution is 2.33. The Morgan fingerprint density at radius 2 is 1.42 bits per heavy atom. The predicted molar refractivity (Wildman–Crippen MR) is 257 cm³/mol. The minimum Gasteiger partial charge on any atom is -0.412 e. The molecule has 0 radical (unpaired) electrons. The molecule has 3 aliphatic rings. The number of quaternary nitrogens is 1. The maximum Gasteiger partial charge on any atom is 0.334 e. The van der Waals surface area contributed by atoms with E-state index in [4.69, 9.17) is 9.15 Å². The normalized spacial score (nSPS) is 17.9. The summed E-state index contributed by atoms with van der Waals surface area (Å²) in [5.41, 5.74) is 6.71. The van der Waals surface area contributed by atoms with Crippen molar-refractivity contribution in [3.63, 3.8) is 0 Å². The van der Waals surface area contributed by atoms with Crippen molar-refractivity contribution in [1.29, 1.82) is 0 Å². The molecule has 2 aromatic carbocycles. The summed E-state index contributed by atoms with van der Waals surface area (Å²) in [5, 5.41) is 10.4. The number of morpholine rings is 1. The number of nitrogens with zero attached hydrogens (tertiary/aromatic N) is 5. The fourth-order valence-corrected chi connectivity index (χ4v) is 8.60. The first kappa shape index (κ1) is 50.3. The molecule has 8 rings (SSSR count). The van der Waals surface area contributed by atoms with Crippen LogP contribution in [-0.2, 0) is 37.5 Å². The maximum absolute atomic E-state index is 10.4. The molecule has 9 heteroatoms. The molecule has 1 saturated carbocycles. The third kappa shape index (κ3) is 18.1. The van der Waals surface area contributed by atoms with Gasteiger partial charge in [0.25, 0.3) is 0 Å². The van der Waals surface area contributed by atoms with E-state index in [1.54, 1.807) is 6.26 Å². The van der Waals surface area contributed by atoms with E-state index in [2.05, 4.69) is 170 Å². The zero-order valence-corrected chi connectivity index (χ0v) is 40.7. The third-order valence-electron chi connectivity index (χ3n) is 12.8. The fraction of sp³-hybridized carbons (Fsp3) is 0.527. The molecule has 0 bridgehead atoms. The van der Waals surface area contributed by atoms with Crippen LogP contribution >= 0.6 is 0 Å². The van der Waals surface area contributed by atoms with Gasteiger partial charge in [0.05, 0.1) is 13.2 Å². The molecule has 0 amide bonds. The van der Waals surface area contributed by atoms with E-state index in [0.717, 1.165) is 56.3 Å². The van der Waals surface area contributed by atoms with Gasteiger partial charge in [0, 0.05) is 42.0 Å². The molecule has 5 aromatic rings. The van der Waals surface area contributed by atoms with Gasteiger partial charge in [-0.3, -0.25) is 4.98 Å². The van der Waals surface area contributed by atoms with E-state index in [0.29, 0.717) is 44.7 Å². The zero-order valence-electron chi connectivity index (χ0n) is 40.7. The van der Waals surface area contributed by atoms with Gasteiger partial charge in [0.1, 0.15) is 51.3 Å². The number of allylic oxidation sites excluding steroid dienone is 1. The van der Waals surface area contributed by atoms with Gasteiger partial charge in [-0.1, -0.05) is 91.8 Å². The summed E-state index contributed by atoms with van der Waals surface area (Å²) in [6.45, 7) is 25.6. The number of hydroxylamine groups is 3. The molecule has 2 N–H and O–H groups in total. The van der Waals surface area contributed by atoms with Gasteiger partial charge in [0.2, 0.25) is 12.5 Å². The average Bonchev–Trinajstić information content (AvgIpc) is 4.11. The number of ether oxygens (including phenoxy) is 1. The summed E-state index contributed by atoms with van der Waals surface area (Å²) < 4.78 is 19.3. The molecule has 0 unspecified atom stereocenters. The molecule has 1 aliphatic carbocycles. The van der Waals surface area contributed by atoms with Crippen LogP contribution in [0.5, 0.6) is 0 Å². The standard InChI is InChI=1S/C18H22N3.C14H22NO2.C13H22NO.C10H16N/c1-15(2)18-10-16(12-20-6-3-4-7-20)9-17(11-18)13-21-8-5-19-14-21;1-12(2)14-5-3-13(4-6-14)11-15(16)7-9-17-10-8-15;1-11(2)13-5-3-12(4-6-13)9-14-7-8-15-10-14;1-10(2)6-9-11-7-4-3-5-8-11/h3,5-11,14-15H,4,12-13H2,1-2H3;3-6,12,16H,7-11H2,1-2H3;7-8,10-13H,3-6,9H2,1-2H3;3-5,7-8,10H,6,9H2,1-2H3/q4*+1/p+1. The minimum atomic E-state index is 0.112. The SMILES string of the molecule is CC(C)C1CCC(C[n+]2ccoc2)CC1.CC(C)CC[n+]1ccccc1.CC(C)c1cc(C[N+]2=CCC=C2)cc(C[n+]2cc[nH]c2)c1.CC(C)c1ccc(C[N+]2(O)CCOCC2)cc1. The van der Waals surface area contributed by atoms with E-state index in [1.807, 2.05) is 31.2 Å². The number of imidazole rings is 1. The lowest BCUT2D eigenvalue weighted by Crippen LogP contribution is -2.51. The Balaban J connectivity index is 0.000000165. The Bertz CT molecular complexity index is 2060. The molecule has 1 saturated heterocycles. The molecule has 346 valence electrons. The number of hydrogen-bond donors (Lipinski definition) is 2. The minimum absolute atomic E-state index is 0.112. The quantitative estimate of drug-likeness (QED) is 0.0862. The summed E-state index contributed by atoms with van der Waals surface area (Å²) in [6.07, 6.45) is 30.4. The van der Waals surface area contributed by atoms with Crippen LogP contribution in [0.3, 0.4) is 0 Å². The molecule has 9 nitrogen and oxygen atoms in total. The van der Waals surface area contributed by atoms with Gasteiger partial charge in [-0.2, -0.15) is 9.21 Å². The molecule has 64 heavy (non-hydrogen) atoms. The van der Waals surface area contributed by atoms with Crippen LogP contribution in [0.2, 0.25) is 0 Å². The molecule has 2 aliphatic heterocycles. The molecule has 0 atom stereocenters. The van der Waals surface area contributed by atoms with Crippen molar-refractivity contribution in [2.75, 3.05) is 26.3 Å². The summed E-state index contributed by atoms with van der Waals surface area (Å²) in [7, 11) is 0. The Labute approximate surface area is 386 Å². The Hall–Kier alpha value is -4.70. The van der Waals surface area contributed by atoms with Gasteiger partial charge >= 0.3 is 6.39 Å². The third-order valence-corrected chi connectivity index (χ3v) is 12.8. The summed E-state index contributed by atoms with van der Waals surface area (Å²) in [5.74, 6) is 4.61.